The van der Waals surface area contributed by atoms with E-state index in [4.69, 9.17) is 0 Å². The van der Waals surface area contributed by atoms with E-state index in [9.17, 15) is 14.4 Å². The summed E-state index contributed by atoms with van der Waals surface area (Å²) in [5.74, 6) is -0.861. The van der Waals surface area contributed by atoms with Crippen LogP contribution in [0, 0.1) is 0 Å². The Morgan fingerprint density at radius 1 is 1.11 bits per heavy atom. The van der Waals surface area contributed by atoms with E-state index in [0.717, 1.165) is 27.6 Å². The summed E-state index contributed by atoms with van der Waals surface area (Å²) in [4.78, 5) is 42.3. The fourth-order valence-electron chi connectivity index (χ4n) is 4.03. The Labute approximate surface area is 160 Å². The van der Waals surface area contributed by atoms with Crippen molar-refractivity contribution >= 4 is 28.6 Å². The molecule has 2 aliphatic rings. The average Bonchev–Trinajstić information content (AvgIpc) is 3.22. The zero-order valence-electron chi connectivity index (χ0n) is 15.2. The number of carbonyl (C=O) groups is 3. The number of aryl methyl sites for hydroxylation is 1. The maximum Gasteiger partial charge on any atom is 0.255 e. The molecule has 5 rings (SSSR count). The number of amides is 3. The Hall–Kier alpha value is -3.55. The van der Waals surface area contributed by atoms with Crippen LogP contribution in [0.15, 0.2) is 36.8 Å². The highest BCUT2D eigenvalue weighted by atomic mass is 16.2. The number of benzene rings is 1. The highest BCUT2D eigenvalue weighted by Gasteiger charge is 2.39. The molecule has 28 heavy (non-hydrogen) atoms. The van der Waals surface area contributed by atoms with Crippen LogP contribution < -0.4 is 5.32 Å². The van der Waals surface area contributed by atoms with Gasteiger partial charge in [0.1, 0.15) is 6.04 Å². The van der Waals surface area contributed by atoms with Gasteiger partial charge in [-0.2, -0.15) is 5.10 Å². The third kappa shape index (κ3) is 2.41. The van der Waals surface area contributed by atoms with Gasteiger partial charge in [-0.1, -0.05) is 6.07 Å². The number of nitrogens with zero attached hydrogens (tertiary/aromatic N) is 4. The van der Waals surface area contributed by atoms with E-state index in [1.165, 1.54) is 0 Å². The predicted octanol–water partition coefficient (Wildman–Crippen LogP) is 1.40. The van der Waals surface area contributed by atoms with Crippen LogP contribution in [0.1, 0.15) is 28.8 Å². The molecule has 0 bridgehead atoms. The van der Waals surface area contributed by atoms with Crippen molar-refractivity contribution in [2.45, 2.75) is 25.4 Å². The molecular weight excluding hydrogens is 358 g/mol. The van der Waals surface area contributed by atoms with Gasteiger partial charge in [0.05, 0.1) is 17.9 Å². The first-order valence-corrected chi connectivity index (χ1v) is 9.06. The fourth-order valence-corrected chi connectivity index (χ4v) is 4.03. The number of hydrogen-bond acceptors (Lipinski definition) is 5. The fraction of sp³-hybridized carbons (Fsp3) is 0.250. The third-order valence-electron chi connectivity index (χ3n) is 5.51. The largest absolute Gasteiger partial charge is 0.322 e. The summed E-state index contributed by atoms with van der Waals surface area (Å²) in [5.41, 5.74) is 4.29. The minimum absolute atomic E-state index is 0.172. The lowest BCUT2D eigenvalue weighted by atomic mass is 10.00. The molecule has 1 aromatic carbocycles. The number of carbonyl (C=O) groups excluding carboxylic acids is 3. The lowest BCUT2D eigenvalue weighted by molar-refractivity contribution is -0.136. The topological polar surface area (TPSA) is 97.2 Å². The molecule has 8 nitrogen and oxygen atoms in total. The Morgan fingerprint density at radius 2 is 1.96 bits per heavy atom. The predicted molar refractivity (Wildman–Crippen MR) is 100.0 cm³/mol. The van der Waals surface area contributed by atoms with Crippen LogP contribution in [0.2, 0.25) is 0 Å². The normalized spacial score (nSPS) is 19.2. The second kappa shape index (κ2) is 5.98. The SMILES string of the molecule is Cn1ncc2c(-c3ccc4c(c3)CN(C3CCC(=O)NC3=O)C4=O)cncc21. The molecule has 4 heterocycles. The summed E-state index contributed by atoms with van der Waals surface area (Å²) in [6, 6.07) is 5.06. The number of imide groups is 1. The first-order chi connectivity index (χ1) is 13.5. The summed E-state index contributed by atoms with van der Waals surface area (Å²) >= 11 is 0. The van der Waals surface area contributed by atoms with E-state index in [-0.39, 0.29) is 18.2 Å². The lowest BCUT2D eigenvalue weighted by Gasteiger charge is -2.29. The zero-order chi connectivity index (χ0) is 19.4. The number of fused-ring (bicyclic) bond motifs is 2. The van der Waals surface area contributed by atoms with Gasteiger partial charge >= 0.3 is 0 Å². The van der Waals surface area contributed by atoms with Crippen molar-refractivity contribution in [3.8, 4) is 11.1 Å². The maximum atomic E-state index is 12.8. The first kappa shape index (κ1) is 16.6. The number of aromatic nitrogens is 3. The van der Waals surface area contributed by atoms with Crippen LogP contribution in [0.5, 0.6) is 0 Å². The number of pyridine rings is 1. The minimum atomic E-state index is -0.607. The van der Waals surface area contributed by atoms with Crippen molar-refractivity contribution in [2.75, 3.05) is 0 Å². The quantitative estimate of drug-likeness (QED) is 0.683. The molecule has 2 aromatic heterocycles. The monoisotopic (exact) mass is 375 g/mol. The summed E-state index contributed by atoms with van der Waals surface area (Å²) in [7, 11) is 1.87. The molecule has 0 aliphatic carbocycles. The van der Waals surface area contributed by atoms with Gasteiger partial charge in [-0.25, -0.2) is 0 Å². The highest BCUT2D eigenvalue weighted by Crippen LogP contribution is 2.33. The van der Waals surface area contributed by atoms with Gasteiger partial charge in [-0.15, -0.1) is 0 Å². The van der Waals surface area contributed by atoms with Crippen LogP contribution in [-0.4, -0.2) is 43.4 Å². The van der Waals surface area contributed by atoms with Crippen molar-refractivity contribution in [3.05, 3.63) is 47.9 Å². The van der Waals surface area contributed by atoms with E-state index < -0.39 is 11.9 Å². The molecule has 0 radical (unpaired) electrons. The second-order valence-electron chi connectivity index (χ2n) is 7.16. The van der Waals surface area contributed by atoms with Gasteiger partial charge in [-0.3, -0.25) is 29.4 Å². The van der Waals surface area contributed by atoms with Crippen LogP contribution in [-0.2, 0) is 23.2 Å². The van der Waals surface area contributed by atoms with E-state index in [2.05, 4.69) is 15.4 Å². The van der Waals surface area contributed by atoms with E-state index in [0.29, 0.717) is 18.5 Å². The smallest absolute Gasteiger partial charge is 0.255 e. The van der Waals surface area contributed by atoms with E-state index in [1.54, 1.807) is 34.2 Å². The van der Waals surface area contributed by atoms with Gasteiger partial charge in [0.25, 0.3) is 5.91 Å². The van der Waals surface area contributed by atoms with Crippen molar-refractivity contribution in [3.63, 3.8) is 0 Å². The summed E-state index contributed by atoms with van der Waals surface area (Å²) in [6.45, 7) is 0.352. The molecule has 140 valence electrons. The Balaban J connectivity index is 1.51. The number of piperidine rings is 1. The molecule has 8 heteroatoms. The highest BCUT2D eigenvalue weighted by molar-refractivity contribution is 6.06. The summed E-state index contributed by atoms with van der Waals surface area (Å²) < 4.78 is 1.77. The van der Waals surface area contributed by atoms with Crippen LogP contribution in [0.4, 0.5) is 0 Å². The third-order valence-corrected chi connectivity index (χ3v) is 5.51. The molecule has 0 spiro atoms. The van der Waals surface area contributed by atoms with E-state index in [1.807, 2.05) is 19.2 Å². The zero-order valence-corrected chi connectivity index (χ0v) is 15.2. The van der Waals surface area contributed by atoms with Crippen molar-refractivity contribution in [1.82, 2.24) is 25.0 Å². The molecule has 0 saturated carbocycles. The molecule has 3 amide bonds. The average molecular weight is 375 g/mol. The Morgan fingerprint density at radius 3 is 2.79 bits per heavy atom. The Bertz CT molecular complexity index is 1170. The van der Waals surface area contributed by atoms with Crippen molar-refractivity contribution < 1.29 is 14.4 Å². The molecular formula is C20H17N5O3. The maximum absolute atomic E-state index is 12.8. The molecule has 1 unspecified atom stereocenters. The number of hydrogen-bond donors (Lipinski definition) is 1. The van der Waals surface area contributed by atoms with Crippen LogP contribution >= 0.6 is 0 Å². The van der Waals surface area contributed by atoms with Crippen LogP contribution in [0.25, 0.3) is 22.0 Å². The first-order valence-electron chi connectivity index (χ1n) is 9.06. The molecule has 1 atom stereocenters. The van der Waals surface area contributed by atoms with Crippen molar-refractivity contribution in [2.24, 2.45) is 7.05 Å². The summed E-state index contributed by atoms with van der Waals surface area (Å²) in [6.07, 6.45) is 5.97. The van der Waals surface area contributed by atoms with Gasteiger partial charge < -0.3 is 4.90 Å². The number of rotatable bonds is 2. The van der Waals surface area contributed by atoms with Gasteiger partial charge in [0, 0.05) is 42.7 Å². The summed E-state index contributed by atoms with van der Waals surface area (Å²) in [5, 5.41) is 7.61. The van der Waals surface area contributed by atoms with Gasteiger partial charge in [0.2, 0.25) is 11.8 Å². The van der Waals surface area contributed by atoms with Gasteiger partial charge in [-0.05, 0) is 29.7 Å². The minimum Gasteiger partial charge on any atom is -0.322 e. The molecule has 1 N–H and O–H groups in total. The number of nitrogens with one attached hydrogen (secondary N) is 1. The van der Waals surface area contributed by atoms with Crippen LogP contribution in [0.3, 0.4) is 0 Å². The lowest BCUT2D eigenvalue weighted by Crippen LogP contribution is -2.52. The molecule has 2 aliphatic heterocycles. The molecule has 3 aromatic rings. The van der Waals surface area contributed by atoms with E-state index >= 15 is 0 Å². The van der Waals surface area contributed by atoms with Gasteiger partial charge in [0.15, 0.2) is 0 Å². The molecule has 1 saturated heterocycles. The second-order valence-corrected chi connectivity index (χ2v) is 7.16. The van der Waals surface area contributed by atoms with Crippen molar-refractivity contribution in [1.29, 1.82) is 0 Å². The Kier molecular flexibility index (Phi) is 3.55. The standard InChI is InChI=1S/C20H17N5O3/c1-24-17-9-21-7-14(15(17)8-22-24)11-2-3-13-12(6-11)10-25(20(13)28)16-4-5-18(26)23-19(16)27/h2-3,6-9,16H,4-5,10H2,1H3,(H,23,26,27). The molecule has 1 fully saturated rings.